The Balaban J connectivity index is 0.00000267. The second-order valence-corrected chi connectivity index (χ2v) is 9.91. The Bertz CT molecular complexity index is 1280. The number of hydrogen-bond acceptors (Lipinski definition) is 5. The summed E-state index contributed by atoms with van der Waals surface area (Å²) < 4.78 is 8.35. The van der Waals surface area contributed by atoms with E-state index in [4.69, 9.17) is 10.5 Å². The van der Waals surface area contributed by atoms with Gasteiger partial charge < -0.3 is 19.9 Å². The summed E-state index contributed by atoms with van der Waals surface area (Å²) in [6.45, 7) is 2.55. The molecule has 2 aliphatic rings. The van der Waals surface area contributed by atoms with Gasteiger partial charge in [-0.3, -0.25) is 0 Å². The smallest absolute Gasteiger partial charge is 0.146 e. The molecule has 0 amide bonds. The highest BCUT2D eigenvalue weighted by molar-refractivity contribution is 6.00. The van der Waals surface area contributed by atoms with Gasteiger partial charge in [0.05, 0.1) is 5.39 Å². The lowest BCUT2D eigenvalue weighted by molar-refractivity contribution is 0.117. The molecule has 7 heteroatoms. The Kier molecular flexibility index (Phi) is 7.44. The molecule has 36 heavy (non-hydrogen) atoms. The Morgan fingerprint density at radius 2 is 1.44 bits per heavy atom. The SMILES string of the molecule is Cl.Nc1ncnc2c1c(-c1ccc(Oc3ccccc3)cc1)cn2C1CCC(N2CCCCC2)CC1. The Hall–Kier alpha value is -3.09. The number of fused-ring (bicyclic) bond motifs is 1. The van der Waals surface area contributed by atoms with Crippen molar-refractivity contribution in [1.82, 2.24) is 19.4 Å². The van der Waals surface area contributed by atoms with Crippen molar-refractivity contribution in [2.24, 2.45) is 0 Å². The molecule has 0 spiro atoms. The number of likely N-dealkylation sites (tertiary alicyclic amines) is 1. The van der Waals surface area contributed by atoms with E-state index in [0.29, 0.717) is 11.9 Å². The molecule has 1 saturated carbocycles. The average molecular weight is 504 g/mol. The number of halogens is 1. The maximum absolute atomic E-state index is 6.39. The lowest BCUT2D eigenvalue weighted by Crippen LogP contribution is -2.41. The summed E-state index contributed by atoms with van der Waals surface area (Å²) in [4.78, 5) is 11.7. The van der Waals surface area contributed by atoms with E-state index in [1.54, 1.807) is 6.33 Å². The number of benzene rings is 2. The number of ether oxygens (including phenoxy) is 1. The van der Waals surface area contributed by atoms with Crippen LogP contribution in [0.5, 0.6) is 11.5 Å². The van der Waals surface area contributed by atoms with E-state index in [1.807, 2.05) is 42.5 Å². The summed E-state index contributed by atoms with van der Waals surface area (Å²) in [5, 5.41) is 0.947. The maximum Gasteiger partial charge on any atom is 0.146 e. The summed E-state index contributed by atoms with van der Waals surface area (Å²) in [6, 6.07) is 19.2. The topological polar surface area (TPSA) is 69.2 Å². The third kappa shape index (κ3) is 4.93. The number of hydrogen-bond donors (Lipinski definition) is 1. The van der Waals surface area contributed by atoms with Crippen LogP contribution in [0.1, 0.15) is 51.0 Å². The molecule has 2 N–H and O–H groups in total. The number of aromatic nitrogens is 3. The maximum atomic E-state index is 6.39. The van der Waals surface area contributed by atoms with Crippen LogP contribution >= 0.6 is 12.4 Å². The molecule has 0 unspecified atom stereocenters. The van der Waals surface area contributed by atoms with Crippen LogP contribution in [0.2, 0.25) is 0 Å². The van der Waals surface area contributed by atoms with Gasteiger partial charge in [0.2, 0.25) is 0 Å². The van der Waals surface area contributed by atoms with Crippen LogP contribution in [0, 0.1) is 0 Å². The second-order valence-electron chi connectivity index (χ2n) is 9.91. The van der Waals surface area contributed by atoms with Gasteiger partial charge in [-0.15, -0.1) is 12.4 Å². The lowest BCUT2D eigenvalue weighted by atomic mass is 9.89. The van der Waals surface area contributed by atoms with Crippen LogP contribution < -0.4 is 10.5 Å². The third-order valence-corrected chi connectivity index (χ3v) is 7.75. The van der Waals surface area contributed by atoms with E-state index in [9.17, 15) is 0 Å². The molecule has 6 nitrogen and oxygen atoms in total. The van der Waals surface area contributed by atoms with Crippen molar-refractivity contribution in [2.45, 2.75) is 57.0 Å². The van der Waals surface area contributed by atoms with Gasteiger partial charge in [-0.05, 0) is 81.4 Å². The van der Waals surface area contributed by atoms with Gasteiger partial charge in [0.25, 0.3) is 0 Å². The molecule has 6 rings (SSSR count). The van der Waals surface area contributed by atoms with Crippen molar-refractivity contribution in [1.29, 1.82) is 0 Å². The average Bonchev–Trinajstić information content (AvgIpc) is 3.31. The first-order valence-corrected chi connectivity index (χ1v) is 12.9. The van der Waals surface area contributed by atoms with Crippen LogP contribution in [-0.4, -0.2) is 38.6 Å². The Morgan fingerprint density at radius 3 is 2.17 bits per heavy atom. The first-order chi connectivity index (χ1) is 17.3. The molecule has 188 valence electrons. The van der Waals surface area contributed by atoms with Gasteiger partial charge in [0.1, 0.15) is 29.3 Å². The van der Waals surface area contributed by atoms with E-state index in [2.05, 4.69) is 37.8 Å². The molecule has 1 aliphatic carbocycles. The van der Waals surface area contributed by atoms with Gasteiger partial charge in [-0.2, -0.15) is 0 Å². The highest BCUT2D eigenvalue weighted by Gasteiger charge is 2.29. The molecule has 4 aromatic rings. The molecule has 0 bridgehead atoms. The predicted molar refractivity (Wildman–Crippen MR) is 148 cm³/mol. The summed E-state index contributed by atoms with van der Waals surface area (Å²) >= 11 is 0. The number of anilines is 1. The molecule has 0 atom stereocenters. The van der Waals surface area contributed by atoms with E-state index in [-0.39, 0.29) is 12.4 Å². The molecule has 3 heterocycles. The van der Waals surface area contributed by atoms with Gasteiger partial charge in [0, 0.05) is 23.8 Å². The number of piperidine rings is 1. The van der Waals surface area contributed by atoms with Crippen molar-refractivity contribution >= 4 is 29.3 Å². The zero-order chi connectivity index (χ0) is 23.6. The lowest BCUT2D eigenvalue weighted by Gasteiger charge is -2.39. The summed E-state index contributed by atoms with van der Waals surface area (Å²) in [7, 11) is 0. The Morgan fingerprint density at radius 1 is 0.778 bits per heavy atom. The predicted octanol–water partition coefficient (Wildman–Crippen LogP) is 6.86. The summed E-state index contributed by atoms with van der Waals surface area (Å²) in [5.74, 6) is 2.17. The second kappa shape index (κ2) is 10.9. The van der Waals surface area contributed by atoms with Gasteiger partial charge in [-0.25, -0.2) is 9.97 Å². The molecule has 2 aromatic carbocycles. The standard InChI is InChI=1S/C29H33N5O.ClH/c30-28-27-26(21-9-15-25(16-10-21)35-24-7-3-1-4-8-24)19-34(29(27)32-20-31-28)23-13-11-22(12-14-23)33-17-5-2-6-18-33;/h1,3-4,7-10,15-16,19-20,22-23H,2,5-6,11-14,17-18H2,(H2,30,31,32);1H. The monoisotopic (exact) mass is 503 g/mol. The fourth-order valence-electron chi connectivity index (χ4n) is 5.92. The van der Waals surface area contributed by atoms with Gasteiger partial charge in [0.15, 0.2) is 0 Å². The van der Waals surface area contributed by atoms with Crippen molar-refractivity contribution in [3.63, 3.8) is 0 Å². The van der Waals surface area contributed by atoms with Crippen LogP contribution in [0.4, 0.5) is 5.82 Å². The van der Waals surface area contributed by atoms with Crippen molar-refractivity contribution < 1.29 is 4.74 Å². The minimum atomic E-state index is 0. The molecule has 2 fully saturated rings. The largest absolute Gasteiger partial charge is 0.457 e. The number of rotatable bonds is 5. The molecule has 2 aromatic heterocycles. The molecule has 1 aliphatic heterocycles. The van der Waals surface area contributed by atoms with Crippen LogP contribution in [0.25, 0.3) is 22.2 Å². The molecule has 0 radical (unpaired) electrons. The Labute approximate surface area is 218 Å². The quantitative estimate of drug-likeness (QED) is 0.322. The van der Waals surface area contributed by atoms with Gasteiger partial charge >= 0.3 is 0 Å². The fourth-order valence-corrected chi connectivity index (χ4v) is 5.92. The minimum absolute atomic E-state index is 0. The van der Waals surface area contributed by atoms with E-state index in [0.717, 1.165) is 39.7 Å². The van der Waals surface area contributed by atoms with E-state index < -0.39 is 0 Å². The molecular formula is C29H34ClN5O. The molecular weight excluding hydrogens is 470 g/mol. The molecule has 1 saturated heterocycles. The van der Waals surface area contributed by atoms with Crippen molar-refractivity contribution in [2.75, 3.05) is 18.8 Å². The zero-order valence-corrected chi connectivity index (χ0v) is 21.4. The van der Waals surface area contributed by atoms with Crippen molar-refractivity contribution in [3.8, 4) is 22.6 Å². The fraction of sp³-hybridized carbons (Fsp3) is 0.379. The number of nitrogens with zero attached hydrogens (tertiary/aromatic N) is 4. The number of nitrogen functional groups attached to an aromatic ring is 1. The van der Waals surface area contributed by atoms with E-state index in [1.165, 1.54) is 58.0 Å². The minimum Gasteiger partial charge on any atom is -0.457 e. The zero-order valence-electron chi connectivity index (χ0n) is 20.6. The normalized spacial score (nSPS) is 20.7. The summed E-state index contributed by atoms with van der Waals surface area (Å²) in [5.41, 5.74) is 9.52. The van der Waals surface area contributed by atoms with Crippen LogP contribution in [0.3, 0.4) is 0 Å². The number of para-hydroxylation sites is 1. The van der Waals surface area contributed by atoms with Crippen LogP contribution in [0.15, 0.2) is 67.1 Å². The van der Waals surface area contributed by atoms with Gasteiger partial charge in [-0.1, -0.05) is 36.8 Å². The third-order valence-electron chi connectivity index (χ3n) is 7.75. The summed E-state index contributed by atoms with van der Waals surface area (Å²) in [6.07, 6.45) is 12.8. The highest BCUT2D eigenvalue weighted by Crippen LogP contribution is 2.39. The van der Waals surface area contributed by atoms with Crippen LogP contribution in [-0.2, 0) is 0 Å². The number of nitrogens with two attached hydrogens (primary N) is 1. The first-order valence-electron chi connectivity index (χ1n) is 12.9. The van der Waals surface area contributed by atoms with Crippen molar-refractivity contribution in [3.05, 3.63) is 67.1 Å². The first kappa shape index (κ1) is 24.6. The van der Waals surface area contributed by atoms with E-state index >= 15 is 0 Å². The highest BCUT2D eigenvalue weighted by atomic mass is 35.5.